The van der Waals surface area contributed by atoms with Crippen LogP contribution in [-0.2, 0) is 9.53 Å². The van der Waals surface area contributed by atoms with E-state index in [9.17, 15) is 4.79 Å². The zero-order valence-corrected chi connectivity index (χ0v) is 8.05. The molecule has 0 aliphatic carbocycles. The van der Waals surface area contributed by atoms with E-state index in [4.69, 9.17) is 4.74 Å². The summed E-state index contributed by atoms with van der Waals surface area (Å²) in [6.07, 6.45) is 0.00694. The van der Waals surface area contributed by atoms with Crippen LogP contribution >= 0.6 is 0 Å². The molecule has 0 aromatic heterocycles. The molecule has 0 aromatic rings. The van der Waals surface area contributed by atoms with E-state index in [1.807, 2.05) is 6.92 Å². The first kappa shape index (κ1) is 10.4. The molecule has 66 valence electrons. The highest BCUT2D eigenvalue weighted by molar-refractivity contribution is 5.66. The van der Waals surface area contributed by atoms with Gasteiger partial charge in [0.2, 0.25) is 0 Å². The lowest BCUT2D eigenvalue weighted by Gasteiger charge is -2.26. The van der Waals surface area contributed by atoms with Crippen LogP contribution in [0.2, 0.25) is 0 Å². The maximum absolute atomic E-state index is 10.5. The Labute approximate surface area is 68.5 Å². The third kappa shape index (κ3) is 7.33. The molecule has 1 atom stereocenters. The molecule has 0 aromatic carbocycles. The minimum absolute atomic E-state index is 0.00694. The Bertz CT molecular complexity index is 138. The normalized spacial score (nSPS) is 14.3. The second kappa shape index (κ2) is 3.72. The summed E-state index contributed by atoms with van der Waals surface area (Å²) in [5, 5.41) is 0. The van der Waals surface area contributed by atoms with Crippen molar-refractivity contribution in [1.82, 2.24) is 0 Å². The van der Waals surface area contributed by atoms with Gasteiger partial charge in [-0.3, -0.25) is 4.79 Å². The van der Waals surface area contributed by atoms with Crippen molar-refractivity contribution in [3.05, 3.63) is 0 Å². The predicted octanol–water partition coefficient (Wildman–Crippen LogP) is 0.644. The second-order valence-electron chi connectivity index (χ2n) is 3.89. The molecule has 0 amide bonds. The van der Waals surface area contributed by atoms with Crippen LogP contribution in [-0.4, -0.2) is 44.2 Å². The highest BCUT2D eigenvalue weighted by Gasteiger charge is 2.15. The Morgan fingerprint density at radius 1 is 1.45 bits per heavy atom. The summed E-state index contributed by atoms with van der Waals surface area (Å²) in [5.41, 5.74) is 0. The molecule has 0 aliphatic heterocycles. The number of likely N-dealkylation sites (N-methyl/N-ethyl adjacent to an activating group) is 1. The molecular formula is C8H18NO2+. The SMILES string of the molecule is CC(=O)O[C@H](C)C[N+](C)(C)C. The van der Waals surface area contributed by atoms with E-state index in [0.717, 1.165) is 11.0 Å². The van der Waals surface area contributed by atoms with Crippen LogP contribution in [0.4, 0.5) is 0 Å². The van der Waals surface area contributed by atoms with Crippen molar-refractivity contribution in [3.63, 3.8) is 0 Å². The van der Waals surface area contributed by atoms with Crippen LogP contribution in [0.25, 0.3) is 0 Å². The molecule has 0 radical (unpaired) electrons. The molecule has 0 saturated carbocycles. The number of ether oxygens (including phenoxy) is 1. The van der Waals surface area contributed by atoms with E-state index in [1.54, 1.807) is 0 Å². The summed E-state index contributed by atoms with van der Waals surface area (Å²) < 4.78 is 5.79. The van der Waals surface area contributed by atoms with E-state index in [2.05, 4.69) is 21.1 Å². The lowest BCUT2D eigenvalue weighted by molar-refractivity contribution is -0.873. The fourth-order valence-electron chi connectivity index (χ4n) is 1.09. The molecule has 0 fully saturated rings. The first-order valence-corrected chi connectivity index (χ1v) is 3.79. The standard InChI is InChI=1S/C8H18NO2/c1-7(11-8(2)10)6-9(3,4)5/h7H,6H2,1-5H3/q+1/t7-/m1/s1. The minimum atomic E-state index is -0.203. The van der Waals surface area contributed by atoms with E-state index < -0.39 is 0 Å². The average Bonchev–Trinajstić information content (AvgIpc) is 1.53. The lowest BCUT2D eigenvalue weighted by Crippen LogP contribution is -2.41. The Morgan fingerprint density at radius 2 is 1.91 bits per heavy atom. The smallest absolute Gasteiger partial charge is 0.303 e. The summed E-state index contributed by atoms with van der Waals surface area (Å²) in [5.74, 6) is -0.203. The first-order chi connectivity index (χ1) is 4.81. The van der Waals surface area contributed by atoms with Gasteiger partial charge in [0.1, 0.15) is 12.6 Å². The van der Waals surface area contributed by atoms with Gasteiger partial charge in [-0.05, 0) is 6.92 Å². The number of nitrogens with zero attached hydrogens (tertiary/aromatic N) is 1. The van der Waals surface area contributed by atoms with Crippen LogP contribution in [0.3, 0.4) is 0 Å². The van der Waals surface area contributed by atoms with Gasteiger partial charge in [-0.15, -0.1) is 0 Å². The quantitative estimate of drug-likeness (QED) is 0.447. The molecule has 3 nitrogen and oxygen atoms in total. The highest BCUT2D eigenvalue weighted by atomic mass is 16.5. The molecule has 3 heteroatoms. The van der Waals surface area contributed by atoms with Crippen molar-refractivity contribution in [2.75, 3.05) is 27.7 Å². The zero-order chi connectivity index (χ0) is 9.07. The maximum Gasteiger partial charge on any atom is 0.303 e. The Morgan fingerprint density at radius 3 is 2.18 bits per heavy atom. The fraction of sp³-hybridized carbons (Fsp3) is 0.875. The number of rotatable bonds is 3. The van der Waals surface area contributed by atoms with E-state index in [0.29, 0.717) is 0 Å². The van der Waals surface area contributed by atoms with Crippen molar-refractivity contribution in [1.29, 1.82) is 0 Å². The molecule has 0 heterocycles. The maximum atomic E-state index is 10.5. The van der Waals surface area contributed by atoms with Crippen LogP contribution in [0.1, 0.15) is 13.8 Å². The zero-order valence-electron chi connectivity index (χ0n) is 8.05. The number of hydrogen-bond acceptors (Lipinski definition) is 2. The fourth-order valence-corrected chi connectivity index (χ4v) is 1.09. The number of carbonyl (C=O) groups excluding carboxylic acids is 1. The van der Waals surface area contributed by atoms with Crippen LogP contribution in [0.15, 0.2) is 0 Å². The molecule has 0 rings (SSSR count). The first-order valence-electron chi connectivity index (χ1n) is 3.79. The Hall–Kier alpha value is -0.570. The van der Waals surface area contributed by atoms with Gasteiger partial charge in [0.05, 0.1) is 21.1 Å². The summed E-state index contributed by atoms with van der Waals surface area (Å²) in [7, 11) is 6.21. The van der Waals surface area contributed by atoms with E-state index in [1.165, 1.54) is 6.92 Å². The summed E-state index contributed by atoms with van der Waals surface area (Å²) in [6, 6.07) is 0. The predicted molar refractivity (Wildman–Crippen MR) is 44.1 cm³/mol. The van der Waals surface area contributed by atoms with Gasteiger partial charge in [0.15, 0.2) is 0 Å². The minimum Gasteiger partial charge on any atom is -0.457 e. The highest BCUT2D eigenvalue weighted by Crippen LogP contribution is 1.98. The van der Waals surface area contributed by atoms with Crippen LogP contribution in [0.5, 0.6) is 0 Å². The van der Waals surface area contributed by atoms with Crippen molar-refractivity contribution in [3.8, 4) is 0 Å². The molecule has 0 spiro atoms. The van der Waals surface area contributed by atoms with Crippen molar-refractivity contribution in [2.24, 2.45) is 0 Å². The number of esters is 1. The molecule has 0 saturated heterocycles. The van der Waals surface area contributed by atoms with Crippen LogP contribution < -0.4 is 0 Å². The van der Waals surface area contributed by atoms with Gasteiger partial charge in [-0.1, -0.05) is 0 Å². The van der Waals surface area contributed by atoms with Gasteiger partial charge in [-0.25, -0.2) is 0 Å². The third-order valence-electron chi connectivity index (χ3n) is 1.17. The summed E-state index contributed by atoms with van der Waals surface area (Å²) in [6.45, 7) is 4.19. The van der Waals surface area contributed by atoms with Gasteiger partial charge in [0, 0.05) is 6.92 Å². The molecule has 11 heavy (non-hydrogen) atoms. The monoisotopic (exact) mass is 160 g/mol. The molecule has 0 unspecified atom stereocenters. The number of quaternary nitrogens is 1. The molecular weight excluding hydrogens is 142 g/mol. The Balaban J connectivity index is 3.69. The van der Waals surface area contributed by atoms with E-state index in [-0.39, 0.29) is 12.1 Å². The van der Waals surface area contributed by atoms with Gasteiger partial charge in [-0.2, -0.15) is 0 Å². The number of hydrogen-bond donors (Lipinski definition) is 0. The van der Waals surface area contributed by atoms with Gasteiger partial charge >= 0.3 is 5.97 Å². The van der Waals surface area contributed by atoms with Gasteiger partial charge in [0.25, 0.3) is 0 Å². The summed E-state index contributed by atoms with van der Waals surface area (Å²) >= 11 is 0. The van der Waals surface area contributed by atoms with E-state index >= 15 is 0 Å². The largest absolute Gasteiger partial charge is 0.457 e. The second-order valence-corrected chi connectivity index (χ2v) is 3.89. The van der Waals surface area contributed by atoms with Crippen molar-refractivity contribution in [2.45, 2.75) is 20.0 Å². The Kier molecular flexibility index (Phi) is 3.52. The number of carbonyl (C=O) groups is 1. The van der Waals surface area contributed by atoms with Crippen LogP contribution in [0, 0.1) is 0 Å². The molecule has 0 bridgehead atoms. The van der Waals surface area contributed by atoms with Crippen molar-refractivity contribution >= 4 is 5.97 Å². The lowest BCUT2D eigenvalue weighted by atomic mass is 10.3. The van der Waals surface area contributed by atoms with Crippen molar-refractivity contribution < 1.29 is 14.0 Å². The summed E-state index contributed by atoms with van der Waals surface area (Å²) in [4.78, 5) is 10.5. The van der Waals surface area contributed by atoms with Gasteiger partial charge < -0.3 is 9.22 Å². The average molecular weight is 160 g/mol. The third-order valence-corrected chi connectivity index (χ3v) is 1.17. The molecule has 0 N–H and O–H groups in total. The topological polar surface area (TPSA) is 26.3 Å². The molecule has 0 aliphatic rings.